The van der Waals surface area contributed by atoms with E-state index in [-0.39, 0.29) is 6.04 Å². The average molecular weight is 399 g/mol. The van der Waals surface area contributed by atoms with E-state index < -0.39 is 0 Å². The Morgan fingerprint density at radius 2 is 1.70 bits per heavy atom. The molecule has 2 aromatic carbocycles. The van der Waals surface area contributed by atoms with E-state index in [1.165, 1.54) is 0 Å². The number of hydrogen-bond donors (Lipinski definition) is 1. The van der Waals surface area contributed by atoms with Gasteiger partial charge in [0.2, 0.25) is 0 Å². The van der Waals surface area contributed by atoms with Crippen molar-refractivity contribution in [2.75, 3.05) is 6.54 Å². The first-order valence-corrected chi connectivity index (χ1v) is 8.15. The molecule has 106 valence electrons. The lowest BCUT2D eigenvalue weighted by molar-refractivity contribution is 0.463. The third-order valence-electron chi connectivity index (χ3n) is 2.99. The second-order valence-corrected chi connectivity index (χ2v) is 6.35. The molecule has 0 aromatic heterocycles. The van der Waals surface area contributed by atoms with Gasteiger partial charge in [-0.15, -0.1) is 0 Å². The summed E-state index contributed by atoms with van der Waals surface area (Å²) in [5.41, 5.74) is 1.14. The molecule has 1 atom stereocenters. The third kappa shape index (κ3) is 4.08. The molecule has 0 fully saturated rings. The van der Waals surface area contributed by atoms with E-state index in [1.807, 2.05) is 36.4 Å². The second kappa shape index (κ2) is 7.25. The molecule has 2 aromatic rings. The van der Waals surface area contributed by atoms with Crippen molar-refractivity contribution in [2.45, 2.75) is 19.9 Å². The first kappa shape index (κ1) is 15.5. The molecule has 0 bridgehead atoms. The van der Waals surface area contributed by atoms with Crippen LogP contribution in [0.15, 0.2) is 51.4 Å². The maximum absolute atomic E-state index is 6.01. The van der Waals surface area contributed by atoms with E-state index in [9.17, 15) is 0 Å². The maximum atomic E-state index is 6.01. The van der Waals surface area contributed by atoms with Crippen molar-refractivity contribution >= 4 is 31.9 Å². The van der Waals surface area contributed by atoms with Crippen molar-refractivity contribution in [3.8, 4) is 11.5 Å². The van der Waals surface area contributed by atoms with E-state index in [0.29, 0.717) is 0 Å². The lowest BCUT2D eigenvalue weighted by Gasteiger charge is -2.18. The van der Waals surface area contributed by atoms with Crippen LogP contribution < -0.4 is 10.1 Å². The zero-order valence-corrected chi connectivity index (χ0v) is 14.7. The van der Waals surface area contributed by atoms with Crippen LogP contribution in [-0.4, -0.2) is 6.54 Å². The van der Waals surface area contributed by atoms with Crippen LogP contribution in [0.3, 0.4) is 0 Å². The highest BCUT2D eigenvalue weighted by atomic mass is 79.9. The Morgan fingerprint density at radius 3 is 2.35 bits per heavy atom. The predicted molar refractivity (Wildman–Crippen MR) is 90.4 cm³/mol. The average Bonchev–Trinajstić information content (AvgIpc) is 2.43. The van der Waals surface area contributed by atoms with E-state index in [2.05, 4.69) is 57.1 Å². The quantitative estimate of drug-likeness (QED) is 0.699. The normalized spacial score (nSPS) is 12.2. The molecule has 0 spiro atoms. The van der Waals surface area contributed by atoms with Gasteiger partial charge in [0.15, 0.2) is 0 Å². The van der Waals surface area contributed by atoms with Crippen LogP contribution in [0.5, 0.6) is 11.5 Å². The van der Waals surface area contributed by atoms with Gasteiger partial charge < -0.3 is 10.1 Å². The lowest BCUT2D eigenvalue weighted by atomic mass is 10.1. The Morgan fingerprint density at radius 1 is 1.05 bits per heavy atom. The van der Waals surface area contributed by atoms with Crippen molar-refractivity contribution in [3.63, 3.8) is 0 Å². The summed E-state index contributed by atoms with van der Waals surface area (Å²) in [5.74, 6) is 1.71. The van der Waals surface area contributed by atoms with Crippen molar-refractivity contribution in [2.24, 2.45) is 0 Å². The molecular weight excluding hydrogens is 382 g/mol. The summed E-state index contributed by atoms with van der Waals surface area (Å²) in [7, 11) is 0. The first-order valence-electron chi connectivity index (χ1n) is 6.56. The summed E-state index contributed by atoms with van der Waals surface area (Å²) >= 11 is 6.95. The highest BCUT2D eigenvalue weighted by molar-refractivity contribution is 9.10. The molecular formula is C16H17Br2NO. The number of nitrogens with one attached hydrogen (secondary N) is 1. The molecule has 1 N–H and O–H groups in total. The lowest BCUT2D eigenvalue weighted by Crippen LogP contribution is -2.18. The molecule has 2 nitrogen and oxygen atoms in total. The van der Waals surface area contributed by atoms with Crippen LogP contribution in [0, 0.1) is 0 Å². The van der Waals surface area contributed by atoms with Crippen molar-refractivity contribution in [3.05, 3.63) is 57.0 Å². The maximum Gasteiger partial charge on any atom is 0.132 e. The van der Waals surface area contributed by atoms with Crippen molar-refractivity contribution in [1.29, 1.82) is 0 Å². The van der Waals surface area contributed by atoms with Gasteiger partial charge in [-0.3, -0.25) is 0 Å². The molecule has 0 radical (unpaired) electrons. The summed E-state index contributed by atoms with van der Waals surface area (Å²) in [4.78, 5) is 0. The molecule has 0 aliphatic carbocycles. The van der Waals surface area contributed by atoms with E-state index >= 15 is 0 Å². The van der Waals surface area contributed by atoms with Gasteiger partial charge in [-0.05, 0) is 55.9 Å². The Bertz CT molecular complexity index is 569. The minimum Gasteiger partial charge on any atom is -0.457 e. The largest absolute Gasteiger partial charge is 0.457 e. The van der Waals surface area contributed by atoms with Crippen molar-refractivity contribution in [1.82, 2.24) is 5.32 Å². The highest BCUT2D eigenvalue weighted by Gasteiger charge is 2.12. The molecule has 20 heavy (non-hydrogen) atoms. The number of ether oxygens (including phenoxy) is 1. The van der Waals surface area contributed by atoms with Gasteiger partial charge in [-0.1, -0.05) is 38.8 Å². The molecule has 1 unspecified atom stereocenters. The topological polar surface area (TPSA) is 21.3 Å². The Balaban J connectivity index is 2.28. The van der Waals surface area contributed by atoms with E-state index in [0.717, 1.165) is 32.6 Å². The summed E-state index contributed by atoms with van der Waals surface area (Å²) < 4.78 is 8.10. The molecule has 0 saturated carbocycles. The van der Waals surface area contributed by atoms with Gasteiger partial charge >= 0.3 is 0 Å². The summed E-state index contributed by atoms with van der Waals surface area (Å²) in [6, 6.07) is 14.2. The molecule has 0 saturated heterocycles. The number of rotatable bonds is 5. The van der Waals surface area contributed by atoms with Crippen LogP contribution in [0.2, 0.25) is 0 Å². The smallest absolute Gasteiger partial charge is 0.132 e. The highest BCUT2D eigenvalue weighted by Crippen LogP contribution is 2.32. The standard InChI is InChI=1S/C16H17Br2NO/c1-3-19-11(2)15-10-13(18)6-9-16(15)20-14-7-4-12(17)5-8-14/h4-11,19H,3H2,1-2H3. The monoisotopic (exact) mass is 397 g/mol. The summed E-state index contributed by atoms with van der Waals surface area (Å²) in [6.07, 6.45) is 0. The van der Waals surface area contributed by atoms with Gasteiger partial charge in [0.1, 0.15) is 11.5 Å². The van der Waals surface area contributed by atoms with E-state index in [4.69, 9.17) is 4.74 Å². The minimum absolute atomic E-state index is 0.239. The second-order valence-electron chi connectivity index (χ2n) is 4.52. The van der Waals surface area contributed by atoms with E-state index in [1.54, 1.807) is 0 Å². The SMILES string of the molecule is CCNC(C)c1cc(Br)ccc1Oc1ccc(Br)cc1. The Hall–Kier alpha value is -0.840. The molecule has 2 rings (SSSR count). The van der Waals surface area contributed by atoms with Crippen LogP contribution in [0.4, 0.5) is 0 Å². The van der Waals surface area contributed by atoms with Gasteiger partial charge in [0.25, 0.3) is 0 Å². The fourth-order valence-electron chi connectivity index (χ4n) is 2.00. The van der Waals surface area contributed by atoms with Gasteiger partial charge in [0, 0.05) is 20.6 Å². The molecule has 0 aliphatic heterocycles. The Labute approximate surface area is 136 Å². The summed E-state index contributed by atoms with van der Waals surface area (Å²) in [6.45, 7) is 5.16. The molecule has 0 heterocycles. The van der Waals surface area contributed by atoms with Gasteiger partial charge in [-0.25, -0.2) is 0 Å². The number of halogens is 2. The fraction of sp³-hybridized carbons (Fsp3) is 0.250. The van der Waals surface area contributed by atoms with Crippen LogP contribution in [0.25, 0.3) is 0 Å². The third-order valence-corrected chi connectivity index (χ3v) is 4.01. The Kier molecular flexibility index (Phi) is 5.64. The molecule has 4 heteroatoms. The molecule has 0 aliphatic rings. The predicted octanol–water partition coefficient (Wildman–Crippen LogP) is 5.67. The first-order chi connectivity index (χ1) is 9.60. The zero-order chi connectivity index (χ0) is 14.5. The summed E-state index contributed by atoms with van der Waals surface area (Å²) in [5, 5.41) is 3.42. The van der Waals surface area contributed by atoms with Crippen LogP contribution in [-0.2, 0) is 0 Å². The van der Waals surface area contributed by atoms with Gasteiger partial charge in [0.05, 0.1) is 0 Å². The van der Waals surface area contributed by atoms with Gasteiger partial charge in [-0.2, -0.15) is 0 Å². The van der Waals surface area contributed by atoms with Crippen molar-refractivity contribution < 1.29 is 4.74 Å². The number of hydrogen-bond acceptors (Lipinski definition) is 2. The molecule has 0 amide bonds. The van der Waals surface area contributed by atoms with Crippen LogP contribution >= 0.6 is 31.9 Å². The minimum atomic E-state index is 0.239. The number of benzene rings is 2. The fourth-order valence-corrected chi connectivity index (χ4v) is 2.64. The zero-order valence-electron chi connectivity index (χ0n) is 11.5. The van der Waals surface area contributed by atoms with Crippen LogP contribution in [0.1, 0.15) is 25.5 Å².